The highest BCUT2D eigenvalue weighted by atomic mass is 79.9. The molecule has 1 N–H and O–H groups in total. The monoisotopic (exact) mass is 480 g/mol. The highest BCUT2D eigenvalue weighted by molar-refractivity contribution is 9.10. The Morgan fingerprint density at radius 1 is 1.21 bits per heavy atom. The van der Waals surface area contributed by atoms with E-state index in [0.29, 0.717) is 26.1 Å². The topological polar surface area (TPSA) is 68.2 Å². The number of hydrogen-bond acceptors (Lipinski definition) is 3. The lowest BCUT2D eigenvalue weighted by molar-refractivity contribution is -0.125. The first-order chi connectivity index (χ1) is 13.2. The maximum atomic E-state index is 13.4. The molecule has 0 aliphatic heterocycles. The zero-order valence-corrected chi connectivity index (χ0v) is 18.2. The van der Waals surface area contributed by atoms with Crippen LogP contribution in [-0.2, 0) is 21.4 Å². The minimum absolute atomic E-state index is 0.0550. The molecule has 0 saturated heterocycles. The molecule has 8 heteroatoms. The third-order valence-corrected chi connectivity index (χ3v) is 8.11. The normalized spacial score (nSPS) is 15.5. The molecule has 0 radical (unpaired) electrons. The van der Waals surface area contributed by atoms with E-state index < -0.39 is 10.0 Å². The van der Waals surface area contributed by atoms with E-state index in [1.807, 2.05) is 6.92 Å². The second-order valence-electron chi connectivity index (χ2n) is 7.29. The molecule has 1 heterocycles. The summed E-state index contributed by atoms with van der Waals surface area (Å²) in [5.74, 6) is -0.0550. The largest absolute Gasteiger partial charge is 0.350 e. The zero-order chi connectivity index (χ0) is 20.1. The van der Waals surface area contributed by atoms with Crippen LogP contribution in [0.3, 0.4) is 0 Å². The average Bonchev–Trinajstić information content (AvgIpc) is 3.32. The number of halogens is 2. The molecule has 0 atom stereocenters. The molecule has 146 valence electrons. The number of carbonyl (C=O) groups excluding carboxylic acids is 1. The van der Waals surface area contributed by atoms with Crippen LogP contribution in [0, 0.1) is 5.41 Å². The molecular formula is C20H18BrClN2O3S. The summed E-state index contributed by atoms with van der Waals surface area (Å²) in [6.45, 7) is 2.03. The molecule has 0 unspecified atom stereocenters. The summed E-state index contributed by atoms with van der Waals surface area (Å²) in [5, 5.41) is 4.06. The maximum absolute atomic E-state index is 13.4. The number of benzene rings is 2. The fourth-order valence-electron chi connectivity index (χ4n) is 3.14. The number of rotatable bonds is 5. The molecule has 1 aliphatic rings. The van der Waals surface area contributed by atoms with Crippen molar-refractivity contribution in [2.45, 2.75) is 31.2 Å². The van der Waals surface area contributed by atoms with Crippen LogP contribution in [0.15, 0.2) is 57.9 Å². The molecule has 0 spiro atoms. The summed E-state index contributed by atoms with van der Waals surface area (Å²) in [7, 11) is -3.85. The number of nitrogens with one attached hydrogen (secondary N) is 1. The van der Waals surface area contributed by atoms with E-state index in [2.05, 4.69) is 21.2 Å². The van der Waals surface area contributed by atoms with Gasteiger partial charge in [0.25, 0.3) is 10.0 Å². The Kier molecular flexibility index (Phi) is 4.80. The Bertz CT molecular complexity index is 1190. The zero-order valence-electron chi connectivity index (χ0n) is 15.1. The van der Waals surface area contributed by atoms with Crippen LogP contribution in [0.1, 0.15) is 25.5 Å². The van der Waals surface area contributed by atoms with Crippen LogP contribution in [0.2, 0.25) is 5.02 Å². The maximum Gasteiger partial charge on any atom is 0.268 e. The second-order valence-corrected chi connectivity index (χ2v) is 10.3. The van der Waals surface area contributed by atoms with Gasteiger partial charge in [-0.1, -0.05) is 36.7 Å². The van der Waals surface area contributed by atoms with E-state index in [1.54, 1.807) is 48.5 Å². The molecule has 1 fully saturated rings. The molecule has 1 amide bonds. The van der Waals surface area contributed by atoms with Crippen molar-refractivity contribution < 1.29 is 13.2 Å². The van der Waals surface area contributed by atoms with E-state index in [1.165, 1.54) is 3.97 Å². The van der Waals surface area contributed by atoms with Crippen molar-refractivity contribution in [3.05, 3.63) is 63.7 Å². The number of nitrogens with zero attached hydrogens (tertiary/aromatic N) is 1. The summed E-state index contributed by atoms with van der Waals surface area (Å²) in [5.41, 5.74) is 0.647. The highest BCUT2D eigenvalue weighted by Gasteiger charge is 2.44. The number of amides is 1. The van der Waals surface area contributed by atoms with Gasteiger partial charge in [0.2, 0.25) is 5.91 Å². The van der Waals surface area contributed by atoms with Gasteiger partial charge >= 0.3 is 0 Å². The van der Waals surface area contributed by atoms with Crippen LogP contribution < -0.4 is 5.32 Å². The first-order valence-electron chi connectivity index (χ1n) is 8.81. The first-order valence-corrected chi connectivity index (χ1v) is 11.4. The Balaban J connectivity index is 1.84. The van der Waals surface area contributed by atoms with Crippen molar-refractivity contribution in [3.8, 4) is 0 Å². The van der Waals surface area contributed by atoms with Crippen molar-refractivity contribution in [1.82, 2.24) is 9.29 Å². The summed E-state index contributed by atoms with van der Waals surface area (Å²) >= 11 is 9.57. The van der Waals surface area contributed by atoms with Gasteiger partial charge in [-0.05, 0) is 59.1 Å². The van der Waals surface area contributed by atoms with E-state index in [4.69, 9.17) is 11.6 Å². The minimum Gasteiger partial charge on any atom is -0.350 e. The van der Waals surface area contributed by atoms with Crippen molar-refractivity contribution in [3.63, 3.8) is 0 Å². The predicted octanol–water partition coefficient (Wildman–Crippen LogP) is 4.71. The van der Waals surface area contributed by atoms with Crippen LogP contribution in [0.25, 0.3) is 10.9 Å². The number of fused-ring (bicyclic) bond motifs is 1. The van der Waals surface area contributed by atoms with Crippen LogP contribution in [-0.4, -0.2) is 18.3 Å². The Morgan fingerprint density at radius 3 is 2.54 bits per heavy atom. The molecule has 1 aromatic heterocycles. The molecule has 4 rings (SSSR count). The molecule has 3 aromatic rings. The van der Waals surface area contributed by atoms with Crippen LogP contribution >= 0.6 is 27.5 Å². The van der Waals surface area contributed by atoms with Crippen molar-refractivity contribution in [2.24, 2.45) is 5.41 Å². The molecular weight excluding hydrogens is 464 g/mol. The van der Waals surface area contributed by atoms with Crippen LogP contribution in [0.5, 0.6) is 0 Å². The molecule has 28 heavy (non-hydrogen) atoms. The van der Waals surface area contributed by atoms with Crippen LogP contribution in [0.4, 0.5) is 0 Å². The molecule has 1 aliphatic carbocycles. The molecule has 2 aromatic carbocycles. The standard InChI is InChI=1S/C20H18BrClN2O3S/c1-20(7-8-20)19(25)23-12-14-9-13-10-17(22)16(21)11-18(13)24(14)28(26,27)15-5-3-2-4-6-15/h2-6,9-11H,7-8,12H2,1H3,(H,23,25). The summed E-state index contributed by atoms with van der Waals surface area (Å²) in [4.78, 5) is 12.5. The minimum atomic E-state index is -3.85. The van der Waals surface area contributed by atoms with Gasteiger partial charge in [-0.15, -0.1) is 0 Å². The quantitative estimate of drug-likeness (QED) is 0.574. The van der Waals surface area contributed by atoms with Gasteiger partial charge in [0.15, 0.2) is 0 Å². The average molecular weight is 482 g/mol. The molecule has 0 bridgehead atoms. The van der Waals surface area contributed by atoms with Gasteiger partial charge in [0.1, 0.15) is 0 Å². The third kappa shape index (κ3) is 3.36. The Hall–Kier alpha value is -1.83. The third-order valence-electron chi connectivity index (χ3n) is 5.13. The number of carbonyl (C=O) groups is 1. The smallest absolute Gasteiger partial charge is 0.268 e. The van der Waals surface area contributed by atoms with E-state index in [0.717, 1.165) is 12.8 Å². The van der Waals surface area contributed by atoms with Gasteiger partial charge in [-0.25, -0.2) is 12.4 Å². The van der Waals surface area contributed by atoms with Gasteiger partial charge in [-0.3, -0.25) is 4.79 Å². The SMILES string of the molecule is CC1(C(=O)NCc2cc3cc(Cl)c(Br)cc3n2S(=O)(=O)c2ccccc2)CC1. The number of aromatic nitrogens is 1. The fraction of sp³-hybridized carbons (Fsp3) is 0.250. The van der Waals surface area contributed by atoms with E-state index in [-0.39, 0.29) is 22.8 Å². The van der Waals surface area contributed by atoms with Gasteiger partial charge in [0, 0.05) is 15.3 Å². The lowest BCUT2D eigenvalue weighted by Crippen LogP contribution is -2.31. The Labute approximate surface area is 176 Å². The van der Waals surface area contributed by atoms with Gasteiger partial charge < -0.3 is 5.32 Å². The van der Waals surface area contributed by atoms with E-state index in [9.17, 15) is 13.2 Å². The molecule has 1 saturated carbocycles. The number of hydrogen-bond donors (Lipinski definition) is 1. The lowest BCUT2D eigenvalue weighted by atomic mass is 10.1. The summed E-state index contributed by atoms with van der Waals surface area (Å²) in [6.07, 6.45) is 1.71. The summed E-state index contributed by atoms with van der Waals surface area (Å²) < 4.78 is 28.7. The second kappa shape index (κ2) is 6.90. The highest BCUT2D eigenvalue weighted by Crippen LogP contribution is 2.45. The van der Waals surface area contributed by atoms with Gasteiger partial charge in [0.05, 0.1) is 27.7 Å². The van der Waals surface area contributed by atoms with Crippen molar-refractivity contribution >= 4 is 54.4 Å². The fourth-order valence-corrected chi connectivity index (χ4v) is 5.20. The first kappa shape index (κ1) is 19.5. The van der Waals surface area contributed by atoms with Crippen molar-refractivity contribution in [2.75, 3.05) is 0 Å². The molecule has 5 nitrogen and oxygen atoms in total. The Morgan fingerprint density at radius 2 is 1.89 bits per heavy atom. The predicted molar refractivity (Wildman–Crippen MR) is 113 cm³/mol. The summed E-state index contributed by atoms with van der Waals surface area (Å²) in [6, 6.07) is 13.4. The van der Waals surface area contributed by atoms with Gasteiger partial charge in [-0.2, -0.15) is 0 Å². The van der Waals surface area contributed by atoms with E-state index >= 15 is 0 Å². The van der Waals surface area contributed by atoms with Crippen molar-refractivity contribution in [1.29, 1.82) is 0 Å². The lowest BCUT2D eigenvalue weighted by Gasteiger charge is -2.14.